The van der Waals surface area contributed by atoms with Gasteiger partial charge in [0.25, 0.3) is 0 Å². The van der Waals surface area contributed by atoms with Gasteiger partial charge in [0.15, 0.2) is 0 Å². The SMILES string of the molecule is CC(C)C1CN(CCc2ccc(Br)s2)C(C)CN1. The van der Waals surface area contributed by atoms with Crippen LogP contribution >= 0.6 is 27.3 Å². The van der Waals surface area contributed by atoms with E-state index in [1.807, 2.05) is 11.3 Å². The quantitative estimate of drug-likeness (QED) is 0.910. The molecule has 1 fully saturated rings. The number of nitrogens with zero attached hydrogens (tertiary/aromatic N) is 1. The van der Waals surface area contributed by atoms with Gasteiger partial charge >= 0.3 is 0 Å². The molecule has 0 radical (unpaired) electrons. The molecule has 2 nitrogen and oxygen atoms in total. The summed E-state index contributed by atoms with van der Waals surface area (Å²) in [5.74, 6) is 0.718. The maximum absolute atomic E-state index is 3.65. The second-order valence-corrected chi connectivity index (χ2v) is 8.11. The molecular formula is C14H23BrN2S. The molecule has 2 unspecified atom stereocenters. The molecule has 0 saturated carbocycles. The minimum Gasteiger partial charge on any atom is -0.311 e. The lowest BCUT2D eigenvalue weighted by Crippen LogP contribution is -2.57. The fourth-order valence-corrected chi connectivity index (χ4v) is 3.92. The third-order valence-electron chi connectivity index (χ3n) is 3.81. The lowest BCUT2D eigenvalue weighted by Gasteiger charge is -2.40. The minimum absolute atomic E-state index is 0.649. The highest BCUT2D eigenvalue weighted by atomic mass is 79.9. The van der Waals surface area contributed by atoms with Crippen LogP contribution in [0.5, 0.6) is 0 Å². The van der Waals surface area contributed by atoms with Crippen LogP contribution in [0.15, 0.2) is 15.9 Å². The highest BCUT2D eigenvalue weighted by Crippen LogP contribution is 2.23. The number of piperazine rings is 1. The van der Waals surface area contributed by atoms with E-state index in [4.69, 9.17) is 0 Å². The van der Waals surface area contributed by atoms with Gasteiger partial charge in [-0.2, -0.15) is 0 Å². The third-order valence-corrected chi connectivity index (χ3v) is 5.49. The second-order valence-electron chi connectivity index (χ2n) is 5.56. The number of halogens is 1. The molecule has 0 bridgehead atoms. The Morgan fingerprint density at radius 1 is 1.50 bits per heavy atom. The van der Waals surface area contributed by atoms with Gasteiger partial charge in [0.1, 0.15) is 0 Å². The standard InChI is InChI=1S/C14H23BrN2S/c1-10(2)13-9-17(11(3)8-16-13)7-6-12-4-5-14(15)18-12/h4-5,10-11,13,16H,6-9H2,1-3H3. The molecule has 2 atom stereocenters. The van der Waals surface area contributed by atoms with Crippen LogP contribution in [0.4, 0.5) is 0 Å². The highest BCUT2D eigenvalue weighted by molar-refractivity contribution is 9.11. The average molecular weight is 331 g/mol. The molecule has 4 heteroatoms. The molecular weight excluding hydrogens is 308 g/mol. The first-order valence-electron chi connectivity index (χ1n) is 6.78. The molecule has 0 amide bonds. The Balaban J connectivity index is 1.86. The van der Waals surface area contributed by atoms with Crippen LogP contribution in [-0.4, -0.2) is 36.6 Å². The first kappa shape index (κ1) is 14.5. The van der Waals surface area contributed by atoms with Crippen LogP contribution in [0.25, 0.3) is 0 Å². The van der Waals surface area contributed by atoms with Gasteiger partial charge in [-0.25, -0.2) is 0 Å². The van der Waals surface area contributed by atoms with Crippen LogP contribution in [0.3, 0.4) is 0 Å². The van der Waals surface area contributed by atoms with Crippen LogP contribution < -0.4 is 5.32 Å². The molecule has 2 rings (SSSR count). The average Bonchev–Trinajstić information content (AvgIpc) is 2.74. The van der Waals surface area contributed by atoms with E-state index in [9.17, 15) is 0 Å². The van der Waals surface area contributed by atoms with Gasteiger partial charge < -0.3 is 5.32 Å². The smallest absolute Gasteiger partial charge is 0.0701 e. The van der Waals surface area contributed by atoms with Crippen molar-refractivity contribution in [3.8, 4) is 0 Å². The van der Waals surface area contributed by atoms with Crippen molar-refractivity contribution in [1.82, 2.24) is 10.2 Å². The Morgan fingerprint density at radius 3 is 2.89 bits per heavy atom. The fourth-order valence-electron chi connectivity index (χ4n) is 2.45. The maximum atomic E-state index is 3.65. The Labute approximate surface area is 123 Å². The van der Waals surface area contributed by atoms with Crippen molar-refractivity contribution in [3.05, 3.63) is 20.8 Å². The van der Waals surface area contributed by atoms with Crippen molar-refractivity contribution in [2.75, 3.05) is 19.6 Å². The number of hydrogen-bond acceptors (Lipinski definition) is 3. The first-order chi connectivity index (χ1) is 8.56. The summed E-state index contributed by atoms with van der Waals surface area (Å²) in [7, 11) is 0. The molecule has 0 aliphatic carbocycles. The molecule has 1 aliphatic heterocycles. The van der Waals surface area contributed by atoms with E-state index in [0.29, 0.717) is 12.1 Å². The molecule has 18 heavy (non-hydrogen) atoms. The molecule has 2 heterocycles. The number of rotatable bonds is 4. The first-order valence-corrected chi connectivity index (χ1v) is 8.39. The van der Waals surface area contributed by atoms with Gasteiger partial charge in [0, 0.05) is 36.6 Å². The van der Waals surface area contributed by atoms with E-state index in [-0.39, 0.29) is 0 Å². The van der Waals surface area contributed by atoms with E-state index in [2.05, 4.69) is 59.1 Å². The van der Waals surface area contributed by atoms with E-state index in [1.165, 1.54) is 28.2 Å². The van der Waals surface area contributed by atoms with Crippen molar-refractivity contribution in [3.63, 3.8) is 0 Å². The van der Waals surface area contributed by atoms with Gasteiger partial charge in [-0.05, 0) is 47.3 Å². The van der Waals surface area contributed by atoms with Crippen molar-refractivity contribution < 1.29 is 0 Å². The van der Waals surface area contributed by atoms with E-state index in [1.54, 1.807) is 0 Å². The molecule has 1 N–H and O–H groups in total. The minimum atomic E-state index is 0.649. The summed E-state index contributed by atoms with van der Waals surface area (Å²) in [6, 6.07) is 5.69. The van der Waals surface area contributed by atoms with Crippen LogP contribution in [0, 0.1) is 5.92 Å². The molecule has 1 saturated heterocycles. The molecule has 1 aliphatic rings. The largest absolute Gasteiger partial charge is 0.311 e. The highest BCUT2D eigenvalue weighted by Gasteiger charge is 2.26. The molecule has 0 spiro atoms. The fraction of sp³-hybridized carbons (Fsp3) is 0.714. The maximum Gasteiger partial charge on any atom is 0.0701 e. The summed E-state index contributed by atoms with van der Waals surface area (Å²) >= 11 is 5.39. The number of thiophene rings is 1. The Bertz CT molecular complexity index is 378. The molecule has 1 aromatic rings. The topological polar surface area (TPSA) is 15.3 Å². The number of hydrogen-bond donors (Lipinski definition) is 1. The Kier molecular flexibility index (Phi) is 5.24. The van der Waals surface area contributed by atoms with Gasteiger partial charge in [-0.1, -0.05) is 13.8 Å². The monoisotopic (exact) mass is 330 g/mol. The summed E-state index contributed by atoms with van der Waals surface area (Å²) in [5.41, 5.74) is 0. The lowest BCUT2D eigenvalue weighted by atomic mass is 9.99. The number of nitrogens with one attached hydrogen (secondary N) is 1. The van der Waals surface area contributed by atoms with Crippen molar-refractivity contribution in [2.45, 2.75) is 39.3 Å². The molecule has 0 aromatic carbocycles. The van der Waals surface area contributed by atoms with Crippen LogP contribution in [0.1, 0.15) is 25.6 Å². The molecule has 1 aromatic heterocycles. The third kappa shape index (κ3) is 3.80. The van der Waals surface area contributed by atoms with Crippen LogP contribution in [0.2, 0.25) is 0 Å². The van der Waals surface area contributed by atoms with Gasteiger partial charge in [0.05, 0.1) is 3.79 Å². The molecule has 102 valence electrons. The normalized spacial score (nSPS) is 25.8. The zero-order valence-electron chi connectivity index (χ0n) is 11.4. The second kappa shape index (κ2) is 6.51. The Hall–Kier alpha value is 0.1000. The zero-order valence-corrected chi connectivity index (χ0v) is 13.9. The lowest BCUT2D eigenvalue weighted by molar-refractivity contribution is 0.125. The summed E-state index contributed by atoms with van der Waals surface area (Å²) in [6.45, 7) is 10.4. The van der Waals surface area contributed by atoms with Crippen molar-refractivity contribution in [2.24, 2.45) is 5.92 Å². The predicted molar refractivity (Wildman–Crippen MR) is 83.4 cm³/mol. The Morgan fingerprint density at radius 2 is 2.28 bits per heavy atom. The summed E-state index contributed by atoms with van der Waals surface area (Å²) < 4.78 is 1.24. The van der Waals surface area contributed by atoms with Gasteiger partial charge in [-0.15, -0.1) is 11.3 Å². The summed E-state index contributed by atoms with van der Waals surface area (Å²) in [6.07, 6.45) is 1.17. The van der Waals surface area contributed by atoms with Gasteiger partial charge in [-0.3, -0.25) is 4.90 Å². The predicted octanol–water partition coefficient (Wildman–Crippen LogP) is 3.37. The van der Waals surface area contributed by atoms with Gasteiger partial charge in [0.2, 0.25) is 0 Å². The summed E-state index contributed by atoms with van der Waals surface area (Å²) in [5, 5.41) is 3.65. The van der Waals surface area contributed by atoms with E-state index < -0.39 is 0 Å². The van der Waals surface area contributed by atoms with E-state index >= 15 is 0 Å². The van der Waals surface area contributed by atoms with E-state index in [0.717, 1.165) is 12.5 Å². The summed E-state index contributed by atoms with van der Waals surface area (Å²) in [4.78, 5) is 4.11. The van der Waals surface area contributed by atoms with Crippen molar-refractivity contribution in [1.29, 1.82) is 0 Å². The van der Waals surface area contributed by atoms with Crippen molar-refractivity contribution >= 4 is 27.3 Å². The van der Waals surface area contributed by atoms with Crippen LogP contribution in [-0.2, 0) is 6.42 Å². The zero-order chi connectivity index (χ0) is 13.1.